The third kappa shape index (κ3) is 4.04. The summed E-state index contributed by atoms with van der Waals surface area (Å²) in [5, 5.41) is 2.84. The molecule has 0 bridgehead atoms. The monoisotopic (exact) mass is 350 g/mol. The molecular weight excluding hydrogens is 331 g/mol. The van der Waals surface area contributed by atoms with Crippen molar-refractivity contribution in [3.8, 4) is 5.75 Å². The Balaban J connectivity index is 2.19. The lowest BCUT2D eigenvalue weighted by molar-refractivity contribution is 0.0937. The Kier molecular flexibility index (Phi) is 6.17. The van der Waals surface area contributed by atoms with Crippen molar-refractivity contribution < 1.29 is 13.9 Å². The lowest BCUT2D eigenvalue weighted by Crippen LogP contribution is -2.35. The highest BCUT2D eigenvalue weighted by Gasteiger charge is 2.21. The van der Waals surface area contributed by atoms with E-state index in [2.05, 4.69) is 5.32 Å². The van der Waals surface area contributed by atoms with Crippen molar-refractivity contribution in [3.63, 3.8) is 0 Å². The maximum atomic E-state index is 13.8. The smallest absolute Gasteiger partial charge is 0.255 e. The first kappa shape index (κ1) is 18.2. The van der Waals surface area contributed by atoms with E-state index in [1.807, 2.05) is 43.3 Å². The van der Waals surface area contributed by atoms with E-state index in [-0.39, 0.29) is 23.2 Å². The molecule has 1 unspecified atom stereocenters. The highest BCUT2D eigenvalue weighted by molar-refractivity contribution is 6.33. The summed E-state index contributed by atoms with van der Waals surface area (Å²) in [4.78, 5) is 14.3. The molecule has 1 N–H and O–H groups in total. The van der Waals surface area contributed by atoms with Crippen molar-refractivity contribution in [2.24, 2.45) is 0 Å². The molecule has 4 nitrogen and oxygen atoms in total. The van der Waals surface area contributed by atoms with Crippen LogP contribution in [0.4, 0.5) is 4.39 Å². The molecule has 0 saturated heterocycles. The minimum atomic E-state index is -0.640. The SMILES string of the molecule is COc1ccccc1C(CNC(=O)c1c(F)cccc1Cl)N(C)C. The van der Waals surface area contributed by atoms with Crippen LogP contribution in [-0.4, -0.2) is 38.6 Å². The fourth-order valence-electron chi connectivity index (χ4n) is 2.50. The van der Waals surface area contributed by atoms with E-state index in [0.717, 1.165) is 11.3 Å². The van der Waals surface area contributed by atoms with E-state index in [4.69, 9.17) is 16.3 Å². The summed E-state index contributed by atoms with van der Waals surface area (Å²) in [7, 11) is 5.40. The Morgan fingerprint density at radius 1 is 1.25 bits per heavy atom. The molecule has 0 aromatic heterocycles. The fourth-order valence-corrected chi connectivity index (χ4v) is 2.75. The number of likely N-dealkylation sites (N-methyl/N-ethyl adjacent to an activating group) is 1. The number of hydrogen-bond acceptors (Lipinski definition) is 3. The van der Waals surface area contributed by atoms with Crippen LogP contribution in [0.15, 0.2) is 42.5 Å². The van der Waals surface area contributed by atoms with Crippen molar-refractivity contribution in [2.75, 3.05) is 27.7 Å². The molecular formula is C18H20ClFN2O2. The van der Waals surface area contributed by atoms with Crippen LogP contribution in [0.5, 0.6) is 5.75 Å². The highest BCUT2D eigenvalue weighted by Crippen LogP contribution is 2.27. The predicted octanol–water partition coefficient (Wildman–Crippen LogP) is 3.52. The zero-order chi connectivity index (χ0) is 17.7. The van der Waals surface area contributed by atoms with Gasteiger partial charge in [-0.05, 0) is 32.3 Å². The number of nitrogens with one attached hydrogen (secondary N) is 1. The van der Waals surface area contributed by atoms with Crippen LogP contribution in [0.1, 0.15) is 22.0 Å². The van der Waals surface area contributed by atoms with Gasteiger partial charge in [0.2, 0.25) is 0 Å². The molecule has 2 rings (SSSR count). The molecule has 128 valence electrons. The van der Waals surface area contributed by atoms with Gasteiger partial charge in [0.25, 0.3) is 5.91 Å². The van der Waals surface area contributed by atoms with Crippen molar-refractivity contribution >= 4 is 17.5 Å². The number of amides is 1. The molecule has 2 aromatic rings. The van der Waals surface area contributed by atoms with Crippen LogP contribution in [0, 0.1) is 5.82 Å². The standard InChI is InChI=1S/C18H20ClFN2O2/c1-22(2)15(12-7-4-5-10-16(12)24-3)11-21-18(23)17-13(19)8-6-9-14(17)20/h4-10,15H,11H2,1-3H3,(H,21,23). The third-order valence-electron chi connectivity index (χ3n) is 3.77. The van der Waals surface area contributed by atoms with Crippen LogP contribution in [0.25, 0.3) is 0 Å². The molecule has 2 aromatic carbocycles. The number of carbonyl (C=O) groups is 1. The summed E-state index contributed by atoms with van der Waals surface area (Å²) in [6, 6.07) is 11.6. The molecule has 0 fully saturated rings. The largest absolute Gasteiger partial charge is 0.496 e. The lowest BCUT2D eigenvalue weighted by Gasteiger charge is -2.26. The summed E-state index contributed by atoms with van der Waals surface area (Å²) >= 11 is 5.94. The summed E-state index contributed by atoms with van der Waals surface area (Å²) in [6.07, 6.45) is 0. The Hall–Kier alpha value is -2.11. The first-order valence-corrected chi connectivity index (χ1v) is 7.85. The molecule has 0 heterocycles. The first-order valence-electron chi connectivity index (χ1n) is 7.47. The quantitative estimate of drug-likeness (QED) is 0.866. The van der Waals surface area contributed by atoms with Crippen LogP contribution in [-0.2, 0) is 0 Å². The average Bonchev–Trinajstić information content (AvgIpc) is 2.55. The van der Waals surface area contributed by atoms with Gasteiger partial charge in [0.05, 0.1) is 23.7 Å². The molecule has 0 saturated carbocycles. The summed E-state index contributed by atoms with van der Waals surface area (Å²) in [6.45, 7) is 0.289. The number of rotatable bonds is 6. The predicted molar refractivity (Wildman–Crippen MR) is 93.2 cm³/mol. The van der Waals surface area contributed by atoms with E-state index < -0.39 is 11.7 Å². The van der Waals surface area contributed by atoms with E-state index in [1.165, 1.54) is 18.2 Å². The molecule has 24 heavy (non-hydrogen) atoms. The van der Waals surface area contributed by atoms with Gasteiger partial charge in [0.15, 0.2) is 0 Å². The Labute approximate surface area is 146 Å². The molecule has 1 amide bonds. The van der Waals surface area contributed by atoms with E-state index in [9.17, 15) is 9.18 Å². The van der Waals surface area contributed by atoms with Gasteiger partial charge in [-0.3, -0.25) is 4.79 Å². The van der Waals surface area contributed by atoms with Gasteiger partial charge in [-0.25, -0.2) is 4.39 Å². The van der Waals surface area contributed by atoms with Crippen molar-refractivity contribution in [3.05, 3.63) is 64.4 Å². The van der Waals surface area contributed by atoms with Gasteiger partial charge in [-0.2, -0.15) is 0 Å². The molecule has 0 aliphatic heterocycles. The zero-order valence-corrected chi connectivity index (χ0v) is 14.6. The fraction of sp³-hybridized carbons (Fsp3) is 0.278. The first-order chi connectivity index (χ1) is 11.5. The number of methoxy groups -OCH3 is 1. The third-order valence-corrected chi connectivity index (χ3v) is 4.08. The molecule has 0 spiro atoms. The van der Waals surface area contributed by atoms with Crippen LogP contribution in [0.3, 0.4) is 0 Å². The molecule has 0 radical (unpaired) electrons. The second-order valence-electron chi connectivity index (χ2n) is 5.53. The summed E-state index contributed by atoms with van der Waals surface area (Å²) in [5.41, 5.74) is 0.793. The van der Waals surface area contributed by atoms with E-state index >= 15 is 0 Å². The maximum absolute atomic E-state index is 13.8. The minimum Gasteiger partial charge on any atom is -0.496 e. The molecule has 1 atom stereocenters. The Morgan fingerprint density at radius 3 is 2.58 bits per heavy atom. The second kappa shape index (κ2) is 8.13. The maximum Gasteiger partial charge on any atom is 0.255 e. The number of benzene rings is 2. The van der Waals surface area contributed by atoms with Crippen LogP contribution >= 0.6 is 11.6 Å². The van der Waals surface area contributed by atoms with Gasteiger partial charge >= 0.3 is 0 Å². The molecule has 0 aliphatic carbocycles. The summed E-state index contributed by atoms with van der Waals surface area (Å²) in [5.74, 6) is -0.451. The number of hydrogen-bond donors (Lipinski definition) is 1. The molecule has 0 aliphatic rings. The number of para-hydroxylation sites is 1. The van der Waals surface area contributed by atoms with Gasteiger partial charge in [-0.1, -0.05) is 35.9 Å². The van der Waals surface area contributed by atoms with Gasteiger partial charge in [0, 0.05) is 12.1 Å². The van der Waals surface area contributed by atoms with Crippen molar-refractivity contribution in [1.82, 2.24) is 10.2 Å². The topological polar surface area (TPSA) is 41.6 Å². The van der Waals surface area contributed by atoms with Crippen molar-refractivity contribution in [2.45, 2.75) is 6.04 Å². The van der Waals surface area contributed by atoms with Crippen LogP contribution in [0.2, 0.25) is 5.02 Å². The van der Waals surface area contributed by atoms with Crippen molar-refractivity contribution in [1.29, 1.82) is 0 Å². The Bertz CT molecular complexity index is 702. The Morgan fingerprint density at radius 2 is 1.96 bits per heavy atom. The molecule has 6 heteroatoms. The highest BCUT2D eigenvalue weighted by atomic mass is 35.5. The zero-order valence-electron chi connectivity index (χ0n) is 13.8. The summed E-state index contributed by atoms with van der Waals surface area (Å²) < 4.78 is 19.2. The van der Waals surface area contributed by atoms with Gasteiger partial charge in [-0.15, -0.1) is 0 Å². The van der Waals surface area contributed by atoms with Gasteiger partial charge < -0.3 is 15.0 Å². The van der Waals surface area contributed by atoms with E-state index in [1.54, 1.807) is 7.11 Å². The minimum absolute atomic E-state index is 0.0891. The number of halogens is 2. The lowest BCUT2D eigenvalue weighted by atomic mass is 10.0. The van der Waals surface area contributed by atoms with Crippen LogP contribution < -0.4 is 10.1 Å². The number of nitrogens with zero attached hydrogens (tertiary/aromatic N) is 1. The normalized spacial score (nSPS) is 12.1. The average molecular weight is 351 g/mol. The second-order valence-corrected chi connectivity index (χ2v) is 5.94. The number of carbonyl (C=O) groups excluding carboxylic acids is 1. The van der Waals surface area contributed by atoms with Gasteiger partial charge in [0.1, 0.15) is 11.6 Å². The van der Waals surface area contributed by atoms with E-state index in [0.29, 0.717) is 0 Å². The number of ether oxygens (including phenoxy) is 1.